The second-order valence-corrected chi connectivity index (χ2v) is 6.53. The lowest BCUT2D eigenvalue weighted by Crippen LogP contribution is -1.98. The number of sulfone groups is 1. The van der Waals surface area contributed by atoms with E-state index in [1.165, 1.54) is 12.1 Å². The minimum atomic E-state index is -3.21. The topological polar surface area (TPSA) is 69.2 Å². The minimum absolute atomic E-state index is 0.198. The normalized spacial score (nSPS) is 11.3. The molecule has 0 unspecified atom stereocenters. The van der Waals surface area contributed by atoms with E-state index in [0.717, 1.165) is 17.5 Å². The number of benzene rings is 1. The van der Waals surface area contributed by atoms with Crippen LogP contribution in [0.2, 0.25) is 0 Å². The fourth-order valence-corrected chi connectivity index (χ4v) is 2.40. The maximum Gasteiger partial charge on any atom is 0.322 e. The molecule has 0 atom stereocenters. The van der Waals surface area contributed by atoms with Crippen molar-refractivity contribution >= 4 is 21.4 Å². The fourth-order valence-electron chi connectivity index (χ4n) is 1.51. The summed E-state index contributed by atoms with van der Waals surface area (Å²) in [4.78, 5) is 8.45. The number of hydrogen-bond donors (Lipinski definition) is 0. The van der Waals surface area contributed by atoms with Gasteiger partial charge in [-0.15, -0.1) is 11.6 Å². The Kier molecular flexibility index (Phi) is 4.25. The van der Waals surface area contributed by atoms with Gasteiger partial charge in [0.2, 0.25) is 0 Å². The predicted molar refractivity (Wildman–Crippen MR) is 76.0 cm³/mol. The Labute approximate surface area is 122 Å². The number of ether oxygens (including phenoxy) is 1. The molecular formula is C13H13ClN2O3S. The van der Waals surface area contributed by atoms with E-state index in [1.807, 2.05) is 6.92 Å². The van der Waals surface area contributed by atoms with Gasteiger partial charge in [0.25, 0.3) is 0 Å². The summed E-state index contributed by atoms with van der Waals surface area (Å²) in [6.45, 7) is 1.82. The van der Waals surface area contributed by atoms with E-state index >= 15 is 0 Å². The van der Waals surface area contributed by atoms with Gasteiger partial charge in [0.1, 0.15) is 5.75 Å². The van der Waals surface area contributed by atoms with Crippen molar-refractivity contribution in [2.45, 2.75) is 17.7 Å². The molecule has 2 aromatic rings. The van der Waals surface area contributed by atoms with Gasteiger partial charge in [0.15, 0.2) is 9.84 Å². The first kappa shape index (κ1) is 14.7. The number of hydrogen-bond acceptors (Lipinski definition) is 5. The maximum absolute atomic E-state index is 11.3. The van der Waals surface area contributed by atoms with Crippen LogP contribution in [0, 0.1) is 6.92 Å². The molecule has 5 nitrogen and oxygen atoms in total. The number of nitrogens with zero attached hydrogens (tertiary/aromatic N) is 2. The SMILES string of the molecule is Cc1nc(Oc2ccc(S(C)(=O)=O)cc2)ncc1CCl. The number of aromatic nitrogens is 2. The summed E-state index contributed by atoms with van der Waals surface area (Å²) in [6, 6.07) is 6.27. The molecule has 0 N–H and O–H groups in total. The molecule has 0 radical (unpaired) electrons. The second-order valence-electron chi connectivity index (χ2n) is 4.24. The largest absolute Gasteiger partial charge is 0.424 e. The Morgan fingerprint density at radius 2 is 1.90 bits per heavy atom. The van der Waals surface area contributed by atoms with Crippen LogP contribution >= 0.6 is 11.6 Å². The maximum atomic E-state index is 11.3. The zero-order valence-corrected chi connectivity index (χ0v) is 12.6. The highest BCUT2D eigenvalue weighted by Crippen LogP contribution is 2.21. The molecular weight excluding hydrogens is 300 g/mol. The molecule has 1 heterocycles. The van der Waals surface area contributed by atoms with E-state index < -0.39 is 9.84 Å². The highest BCUT2D eigenvalue weighted by Gasteiger charge is 2.08. The molecule has 106 valence electrons. The van der Waals surface area contributed by atoms with E-state index in [4.69, 9.17) is 16.3 Å². The quantitative estimate of drug-likeness (QED) is 0.812. The molecule has 0 aliphatic heterocycles. The van der Waals surface area contributed by atoms with Crippen molar-refractivity contribution in [1.29, 1.82) is 0 Å². The summed E-state index contributed by atoms with van der Waals surface area (Å²) in [5.41, 5.74) is 1.59. The summed E-state index contributed by atoms with van der Waals surface area (Å²) < 4.78 is 28.1. The average Bonchev–Trinajstić information content (AvgIpc) is 2.38. The number of rotatable bonds is 4. The molecule has 0 spiro atoms. The van der Waals surface area contributed by atoms with Gasteiger partial charge in [-0.3, -0.25) is 0 Å². The minimum Gasteiger partial charge on any atom is -0.424 e. The first-order valence-corrected chi connectivity index (χ1v) is 8.19. The van der Waals surface area contributed by atoms with Crippen molar-refractivity contribution in [2.24, 2.45) is 0 Å². The van der Waals surface area contributed by atoms with Crippen LogP contribution < -0.4 is 4.74 Å². The molecule has 7 heteroatoms. The lowest BCUT2D eigenvalue weighted by atomic mass is 10.3. The van der Waals surface area contributed by atoms with Crippen LogP contribution in [0.4, 0.5) is 0 Å². The van der Waals surface area contributed by atoms with Gasteiger partial charge in [0, 0.05) is 23.7 Å². The standard InChI is InChI=1S/C13H13ClN2O3S/c1-9-10(7-14)8-15-13(16-9)19-11-3-5-12(6-4-11)20(2,17)18/h3-6,8H,7H2,1-2H3. The van der Waals surface area contributed by atoms with E-state index in [1.54, 1.807) is 18.3 Å². The van der Waals surface area contributed by atoms with Gasteiger partial charge in [-0.2, -0.15) is 4.98 Å². The Bertz CT molecular complexity index is 715. The van der Waals surface area contributed by atoms with Crippen LogP contribution in [0.3, 0.4) is 0 Å². The predicted octanol–water partition coefficient (Wildman–Crippen LogP) is 2.72. The first-order chi connectivity index (χ1) is 9.40. The molecule has 1 aromatic carbocycles. The monoisotopic (exact) mass is 312 g/mol. The zero-order chi connectivity index (χ0) is 14.8. The highest BCUT2D eigenvalue weighted by atomic mass is 35.5. The second kappa shape index (κ2) is 5.76. The van der Waals surface area contributed by atoms with E-state index in [0.29, 0.717) is 11.6 Å². The van der Waals surface area contributed by atoms with Gasteiger partial charge < -0.3 is 4.74 Å². The van der Waals surface area contributed by atoms with Crippen LogP contribution in [0.1, 0.15) is 11.3 Å². The molecule has 0 aliphatic rings. The average molecular weight is 313 g/mol. The van der Waals surface area contributed by atoms with Gasteiger partial charge >= 0.3 is 6.01 Å². The van der Waals surface area contributed by atoms with Crippen molar-refractivity contribution in [1.82, 2.24) is 9.97 Å². The van der Waals surface area contributed by atoms with Crippen LogP contribution in [0.15, 0.2) is 35.4 Å². The van der Waals surface area contributed by atoms with Crippen molar-refractivity contribution in [2.75, 3.05) is 6.26 Å². The van der Waals surface area contributed by atoms with Crippen molar-refractivity contribution in [3.05, 3.63) is 41.7 Å². The lowest BCUT2D eigenvalue weighted by Gasteiger charge is -2.06. The third-order valence-corrected chi connectivity index (χ3v) is 4.08. The number of halogens is 1. The van der Waals surface area contributed by atoms with E-state index in [9.17, 15) is 8.42 Å². The summed E-state index contributed by atoms with van der Waals surface area (Å²) in [5.74, 6) is 0.810. The Morgan fingerprint density at radius 3 is 2.40 bits per heavy atom. The molecule has 0 fully saturated rings. The van der Waals surface area contributed by atoms with Crippen molar-refractivity contribution in [3.63, 3.8) is 0 Å². The first-order valence-electron chi connectivity index (χ1n) is 5.76. The van der Waals surface area contributed by atoms with Gasteiger partial charge in [-0.05, 0) is 31.2 Å². The summed E-state index contributed by atoms with van der Waals surface area (Å²) in [7, 11) is -3.21. The highest BCUT2D eigenvalue weighted by molar-refractivity contribution is 7.90. The van der Waals surface area contributed by atoms with Crippen molar-refractivity contribution < 1.29 is 13.2 Å². The van der Waals surface area contributed by atoms with Crippen LogP contribution in [-0.4, -0.2) is 24.6 Å². The lowest BCUT2D eigenvalue weighted by molar-refractivity contribution is 0.439. The van der Waals surface area contributed by atoms with Crippen LogP contribution in [0.25, 0.3) is 0 Å². The molecule has 0 saturated heterocycles. The van der Waals surface area contributed by atoms with E-state index in [-0.39, 0.29) is 10.9 Å². The third-order valence-electron chi connectivity index (χ3n) is 2.66. The van der Waals surface area contributed by atoms with Gasteiger partial charge in [-0.25, -0.2) is 13.4 Å². The smallest absolute Gasteiger partial charge is 0.322 e. The molecule has 0 aliphatic carbocycles. The molecule has 2 rings (SSSR count). The van der Waals surface area contributed by atoms with Crippen molar-refractivity contribution in [3.8, 4) is 11.8 Å². The summed E-state index contributed by atoms with van der Waals surface area (Å²) >= 11 is 5.73. The van der Waals surface area contributed by atoms with Crippen LogP contribution in [-0.2, 0) is 15.7 Å². The zero-order valence-electron chi connectivity index (χ0n) is 11.0. The van der Waals surface area contributed by atoms with Gasteiger partial charge in [-0.1, -0.05) is 0 Å². The number of aryl methyl sites for hydroxylation is 1. The third kappa shape index (κ3) is 3.46. The van der Waals surface area contributed by atoms with Gasteiger partial charge in [0.05, 0.1) is 10.8 Å². The molecule has 0 bridgehead atoms. The Balaban J connectivity index is 2.20. The molecule has 1 aromatic heterocycles. The Hall–Kier alpha value is -1.66. The summed E-state index contributed by atoms with van der Waals surface area (Å²) in [5, 5.41) is 0. The molecule has 0 saturated carbocycles. The van der Waals surface area contributed by atoms with E-state index in [2.05, 4.69) is 9.97 Å². The Morgan fingerprint density at radius 1 is 1.25 bits per heavy atom. The number of alkyl halides is 1. The van der Waals surface area contributed by atoms with Crippen LogP contribution in [0.5, 0.6) is 11.8 Å². The molecule has 20 heavy (non-hydrogen) atoms. The fraction of sp³-hybridized carbons (Fsp3) is 0.231. The summed E-state index contributed by atoms with van der Waals surface area (Å²) in [6.07, 6.45) is 2.76. The molecule has 0 amide bonds.